The van der Waals surface area contributed by atoms with Gasteiger partial charge in [0.2, 0.25) is 11.8 Å². The maximum Gasteiger partial charge on any atom is 0.416 e. The third kappa shape index (κ3) is 6.26. The molecule has 0 bridgehead atoms. The van der Waals surface area contributed by atoms with Crippen LogP contribution in [-0.2, 0) is 32.5 Å². The molecule has 5 rings (SSSR count). The fourth-order valence-electron chi connectivity index (χ4n) is 5.84. The lowest BCUT2D eigenvalue weighted by atomic mass is 9.97. The largest absolute Gasteiger partial charge is 0.416 e. The van der Waals surface area contributed by atoms with Crippen LogP contribution < -0.4 is 5.32 Å². The fourth-order valence-corrected chi connectivity index (χ4v) is 7.75. The number of hydrogen-bond donors (Lipinski definition) is 1. The van der Waals surface area contributed by atoms with Gasteiger partial charge in [-0.1, -0.05) is 24.3 Å². The van der Waals surface area contributed by atoms with Crippen LogP contribution in [0.1, 0.15) is 54.8 Å². The van der Waals surface area contributed by atoms with Crippen molar-refractivity contribution < 1.29 is 35.6 Å². The molecule has 1 N–H and O–H groups in total. The molecule has 2 amide bonds. The van der Waals surface area contributed by atoms with E-state index in [1.54, 1.807) is 12.1 Å². The molecule has 2 aromatic rings. The van der Waals surface area contributed by atoms with Crippen LogP contribution in [0.2, 0.25) is 0 Å². The first-order valence-electron chi connectivity index (χ1n) is 13.7. The van der Waals surface area contributed by atoms with Crippen molar-refractivity contribution in [2.24, 2.45) is 5.92 Å². The number of alkyl halides is 3. The number of likely N-dealkylation sites (tertiary alicyclic amines) is 1. The summed E-state index contributed by atoms with van der Waals surface area (Å²) >= 11 is 0. The lowest BCUT2D eigenvalue weighted by molar-refractivity contribution is -0.142. The second-order valence-electron chi connectivity index (χ2n) is 10.8. The van der Waals surface area contributed by atoms with Crippen molar-refractivity contribution in [1.82, 2.24) is 18.8 Å². The second kappa shape index (κ2) is 11.7. The highest BCUT2D eigenvalue weighted by molar-refractivity contribution is 7.86. The van der Waals surface area contributed by atoms with E-state index in [2.05, 4.69) is 5.32 Å². The van der Waals surface area contributed by atoms with Gasteiger partial charge in [-0.05, 0) is 67.5 Å². The van der Waals surface area contributed by atoms with Crippen LogP contribution in [-0.4, -0.2) is 66.0 Å². The van der Waals surface area contributed by atoms with Gasteiger partial charge in [-0.2, -0.15) is 30.2 Å². The van der Waals surface area contributed by atoms with Gasteiger partial charge in [-0.25, -0.2) is 4.39 Å². The lowest BCUT2D eigenvalue weighted by Gasteiger charge is -2.44. The van der Waals surface area contributed by atoms with Crippen molar-refractivity contribution >= 4 is 22.0 Å². The molecule has 0 aliphatic carbocycles. The molecule has 0 aromatic heterocycles. The summed E-state index contributed by atoms with van der Waals surface area (Å²) in [5.41, 5.74) is 0.312. The topological polar surface area (TPSA) is 90.0 Å². The summed E-state index contributed by atoms with van der Waals surface area (Å²) in [4.78, 5) is 28.0. The number of hydrogen-bond acceptors (Lipinski definition) is 4. The van der Waals surface area contributed by atoms with E-state index in [9.17, 15) is 35.6 Å². The van der Waals surface area contributed by atoms with Crippen LogP contribution in [0.5, 0.6) is 0 Å². The van der Waals surface area contributed by atoms with E-state index in [1.807, 2.05) is 0 Å². The molecule has 2 aromatic carbocycles. The molecule has 13 heteroatoms. The molecule has 3 aliphatic heterocycles. The van der Waals surface area contributed by atoms with E-state index in [4.69, 9.17) is 0 Å². The Morgan fingerprint density at radius 1 is 0.951 bits per heavy atom. The predicted octanol–water partition coefficient (Wildman–Crippen LogP) is 3.86. The van der Waals surface area contributed by atoms with Gasteiger partial charge < -0.3 is 10.2 Å². The van der Waals surface area contributed by atoms with Gasteiger partial charge in [0.1, 0.15) is 11.9 Å². The number of halogens is 4. The Bertz CT molecular complexity index is 1390. The van der Waals surface area contributed by atoms with Gasteiger partial charge in [-0.15, -0.1) is 0 Å². The molecule has 8 nitrogen and oxygen atoms in total. The van der Waals surface area contributed by atoms with Crippen LogP contribution >= 0.6 is 0 Å². The van der Waals surface area contributed by atoms with Crippen molar-refractivity contribution in [3.63, 3.8) is 0 Å². The Hall–Kier alpha value is -3.03. The van der Waals surface area contributed by atoms with Crippen molar-refractivity contribution in [3.8, 4) is 0 Å². The van der Waals surface area contributed by atoms with Crippen molar-refractivity contribution in [2.45, 2.75) is 56.9 Å². The third-order valence-electron chi connectivity index (χ3n) is 8.15. The average molecular weight is 597 g/mol. The van der Waals surface area contributed by atoms with E-state index < -0.39 is 51.7 Å². The Balaban J connectivity index is 1.20. The highest BCUT2D eigenvalue weighted by Crippen LogP contribution is 2.38. The van der Waals surface area contributed by atoms with Gasteiger partial charge >= 0.3 is 6.18 Å². The summed E-state index contributed by atoms with van der Waals surface area (Å²) < 4.78 is 81.8. The van der Waals surface area contributed by atoms with Crippen LogP contribution in [0, 0.1) is 11.7 Å². The molecule has 3 aliphatic rings. The quantitative estimate of drug-likeness (QED) is 0.492. The number of amides is 2. The van der Waals surface area contributed by atoms with Crippen LogP contribution in [0.4, 0.5) is 17.6 Å². The molecular formula is C28H32F4N4O4S. The molecule has 0 spiro atoms. The van der Waals surface area contributed by atoms with Crippen LogP contribution in [0.25, 0.3) is 0 Å². The van der Waals surface area contributed by atoms with E-state index in [-0.39, 0.29) is 25.5 Å². The SMILES string of the molecule is O=C(NCc1ccc(C(F)(F)F)cc1)[C@H]1CCCN1C(=O)[C@H]1CCCN(S(=O)(=O)N2CCC2c2cccc(F)c2)C1. The first-order valence-corrected chi connectivity index (χ1v) is 15.1. The zero-order valence-electron chi connectivity index (χ0n) is 22.3. The summed E-state index contributed by atoms with van der Waals surface area (Å²) in [5.74, 6) is -1.70. The minimum Gasteiger partial charge on any atom is -0.350 e. The highest BCUT2D eigenvalue weighted by atomic mass is 32.2. The molecule has 1 unspecified atom stereocenters. The summed E-state index contributed by atoms with van der Waals surface area (Å²) in [7, 11) is -3.88. The average Bonchev–Trinajstić information content (AvgIpc) is 3.40. The Kier molecular flexibility index (Phi) is 8.40. The summed E-state index contributed by atoms with van der Waals surface area (Å²) in [6.45, 7) is 0.979. The number of rotatable bonds is 7. The maximum absolute atomic E-state index is 13.7. The van der Waals surface area contributed by atoms with Crippen molar-refractivity contribution in [3.05, 3.63) is 71.0 Å². The number of nitrogens with one attached hydrogen (secondary N) is 1. The number of carbonyl (C=O) groups excluding carboxylic acids is 2. The van der Waals surface area contributed by atoms with E-state index in [0.717, 1.165) is 12.1 Å². The fraction of sp³-hybridized carbons (Fsp3) is 0.500. The van der Waals surface area contributed by atoms with Crippen molar-refractivity contribution in [1.29, 1.82) is 0 Å². The molecule has 41 heavy (non-hydrogen) atoms. The second-order valence-corrected chi connectivity index (χ2v) is 12.7. The van der Waals surface area contributed by atoms with Gasteiger partial charge in [0.25, 0.3) is 10.2 Å². The molecule has 0 radical (unpaired) electrons. The minimum atomic E-state index is -4.45. The standard InChI is InChI=1S/C28H32F4N4O4S/c29-23-6-1-4-20(16-23)24-12-15-36(24)41(39,40)34-13-2-5-21(18-34)27(38)35-14-3-7-25(35)26(37)33-17-19-8-10-22(11-9-19)28(30,31)32/h1,4,6,8-11,16,21,24-25H,2-3,5,7,12-15,17-18H2,(H,33,37)/t21-,24?,25+/m0/s1. The lowest BCUT2D eigenvalue weighted by Crippen LogP contribution is -2.56. The molecule has 222 valence electrons. The van der Waals surface area contributed by atoms with Gasteiger partial charge in [-0.3, -0.25) is 9.59 Å². The van der Waals surface area contributed by atoms with Gasteiger partial charge in [0, 0.05) is 32.7 Å². The minimum absolute atomic E-state index is 0.00390. The molecule has 3 saturated heterocycles. The molecule has 3 heterocycles. The number of piperidine rings is 1. The first-order chi connectivity index (χ1) is 19.4. The monoisotopic (exact) mass is 596 g/mol. The van der Waals surface area contributed by atoms with E-state index in [0.29, 0.717) is 56.3 Å². The van der Waals surface area contributed by atoms with E-state index in [1.165, 1.54) is 37.8 Å². The summed E-state index contributed by atoms with van der Waals surface area (Å²) in [6.07, 6.45) is -1.82. The van der Waals surface area contributed by atoms with Gasteiger partial charge in [0.15, 0.2) is 0 Å². The smallest absolute Gasteiger partial charge is 0.350 e. The summed E-state index contributed by atoms with van der Waals surface area (Å²) in [5, 5.41) is 2.72. The normalized spacial score (nSPS) is 24.2. The van der Waals surface area contributed by atoms with Crippen molar-refractivity contribution in [2.75, 3.05) is 26.2 Å². The Morgan fingerprint density at radius 2 is 1.68 bits per heavy atom. The first kappa shape index (κ1) is 29.5. The third-order valence-corrected chi connectivity index (χ3v) is 10.2. The number of benzene rings is 2. The molecule has 0 saturated carbocycles. The molecule has 3 atom stereocenters. The molecular weight excluding hydrogens is 564 g/mol. The molecule has 3 fully saturated rings. The highest BCUT2D eigenvalue weighted by Gasteiger charge is 2.45. The van der Waals surface area contributed by atoms with Crippen LogP contribution in [0.15, 0.2) is 48.5 Å². The van der Waals surface area contributed by atoms with E-state index >= 15 is 0 Å². The Morgan fingerprint density at radius 3 is 2.34 bits per heavy atom. The maximum atomic E-state index is 13.7. The zero-order chi connectivity index (χ0) is 29.4. The Labute approximate surface area is 236 Å². The number of carbonyl (C=O) groups is 2. The predicted molar refractivity (Wildman–Crippen MR) is 142 cm³/mol. The zero-order valence-corrected chi connectivity index (χ0v) is 23.1. The van der Waals surface area contributed by atoms with Gasteiger partial charge in [0.05, 0.1) is 17.5 Å². The summed E-state index contributed by atoms with van der Waals surface area (Å²) in [6, 6.07) is 9.23. The van der Waals surface area contributed by atoms with Crippen LogP contribution in [0.3, 0.4) is 0 Å². The number of nitrogens with zero attached hydrogens (tertiary/aromatic N) is 3.